The van der Waals surface area contributed by atoms with Gasteiger partial charge < -0.3 is 20.8 Å². The number of carboxylic acids is 1. The molecule has 108 valence electrons. The Kier molecular flexibility index (Phi) is 4.36. The normalized spacial score (nSPS) is 20.6. The Labute approximate surface area is 116 Å². The van der Waals surface area contributed by atoms with E-state index in [9.17, 15) is 14.7 Å². The number of amides is 1. The summed E-state index contributed by atoms with van der Waals surface area (Å²) in [6.07, 6.45) is -1.15. The monoisotopic (exact) mass is 278 g/mol. The summed E-state index contributed by atoms with van der Waals surface area (Å²) in [5.74, 6) is -2.08. The number of nitrogens with one attached hydrogen (secondary N) is 2. The molecule has 0 saturated carbocycles. The molecule has 0 aliphatic carbocycles. The Hall–Kier alpha value is -1.92. The predicted octanol–water partition coefficient (Wildman–Crippen LogP) is -0.176. The minimum atomic E-state index is -1.29. The lowest BCUT2D eigenvalue weighted by atomic mass is 9.90. The number of hydrogen-bond donors (Lipinski definition) is 4. The van der Waals surface area contributed by atoms with Crippen LogP contribution in [0, 0.1) is 0 Å². The van der Waals surface area contributed by atoms with Crippen molar-refractivity contribution >= 4 is 11.9 Å². The maximum atomic E-state index is 12.3. The second kappa shape index (κ2) is 6.02. The van der Waals surface area contributed by atoms with Gasteiger partial charge in [-0.2, -0.15) is 0 Å². The Morgan fingerprint density at radius 2 is 2.10 bits per heavy atom. The zero-order chi connectivity index (χ0) is 14.7. The maximum Gasteiger partial charge on any atom is 0.328 e. The van der Waals surface area contributed by atoms with Gasteiger partial charge in [0, 0.05) is 13.1 Å². The van der Waals surface area contributed by atoms with Crippen molar-refractivity contribution in [3.05, 3.63) is 35.4 Å². The van der Waals surface area contributed by atoms with Gasteiger partial charge in [-0.3, -0.25) is 4.79 Å². The van der Waals surface area contributed by atoms with Crippen LogP contribution in [-0.2, 0) is 16.1 Å². The highest BCUT2D eigenvalue weighted by Gasteiger charge is 2.31. The second-order valence-electron chi connectivity index (χ2n) is 4.95. The van der Waals surface area contributed by atoms with Crippen molar-refractivity contribution in [1.82, 2.24) is 10.6 Å². The van der Waals surface area contributed by atoms with Gasteiger partial charge in [0.1, 0.15) is 0 Å². The fraction of sp³-hybridized carbons (Fsp3) is 0.429. The second-order valence-corrected chi connectivity index (χ2v) is 4.95. The lowest BCUT2D eigenvalue weighted by Crippen LogP contribution is -2.50. The first-order valence-corrected chi connectivity index (χ1v) is 6.50. The molecule has 1 amide bonds. The third kappa shape index (κ3) is 2.97. The summed E-state index contributed by atoms with van der Waals surface area (Å²) in [6.45, 7) is 2.49. The molecule has 1 aliphatic heterocycles. The number of hydrogen-bond acceptors (Lipinski definition) is 4. The van der Waals surface area contributed by atoms with Crippen molar-refractivity contribution in [2.75, 3.05) is 6.54 Å². The van der Waals surface area contributed by atoms with E-state index in [1.807, 2.05) is 24.3 Å². The summed E-state index contributed by atoms with van der Waals surface area (Å²) < 4.78 is 0. The lowest BCUT2D eigenvalue weighted by molar-refractivity contribution is -0.145. The quantitative estimate of drug-likeness (QED) is 0.612. The maximum absolute atomic E-state index is 12.3. The minimum Gasteiger partial charge on any atom is -0.480 e. The van der Waals surface area contributed by atoms with Crippen LogP contribution in [0.25, 0.3) is 0 Å². The van der Waals surface area contributed by atoms with Gasteiger partial charge in [0.05, 0.1) is 12.0 Å². The highest BCUT2D eigenvalue weighted by atomic mass is 16.4. The van der Waals surface area contributed by atoms with Crippen molar-refractivity contribution < 1.29 is 19.8 Å². The Morgan fingerprint density at radius 1 is 1.40 bits per heavy atom. The Balaban J connectivity index is 2.16. The molecule has 1 aromatic rings. The molecular formula is C14H18N2O4. The van der Waals surface area contributed by atoms with Gasteiger partial charge in [-0.05, 0) is 18.1 Å². The van der Waals surface area contributed by atoms with Crippen LogP contribution in [0.4, 0.5) is 0 Å². The van der Waals surface area contributed by atoms with Crippen LogP contribution < -0.4 is 10.6 Å². The average molecular weight is 278 g/mol. The first kappa shape index (κ1) is 14.5. The van der Waals surface area contributed by atoms with Crippen molar-refractivity contribution in [3.63, 3.8) is 0 Å². The summed E-state index contributed by atoms with van der Waals surface area (Å²) in [5, 5.41) is 23.9. The first-order valence-electron chi connectivity index (χ1n) is 6.50. The zero-order valence-electron chi connectivity index (χ0n) is 11.2. The van der Waals surface area contributed by atoms with E-state index in [0.29, 0.717) is 13.1 Å². The standard InChI is InChI=1S/C14H18N2O4/c1-8(17)12(14(19)20)16-13(18)11-7-15-6-9-4-2-3-5-10(9)11/h2-5,8,11-12,15,17H,6-7H2,1H3,(H,16,18)(H,19,20)/t8-,11?,12+/m1/s1. The van der Waals surface area contributed by atoms with E-state index in [4.69, 9.17) is 5.11 Å². The highest BCUT2D eigenvalue weighted by molar-refractivity contribution is 5.89. The summed E-state index contributed by atoms with van der Waals surface area (Å²) in [5.41, 5.74) is 1.93. The number of aliphatic hydroxyl groups is 1. The van der Waals surface area contributed by atoms with Gasteiger partial charge >= 0.3 is 5.97 Å². The molecule has 0 radical (unpaired) electrons. The lowest BCUT2D eigenvalue weighted by Gasteiger charge is -2.27. The van der Waals surface area contributed by atoms with Gasteiger partial charge in [0.15, 0.2) is 6.04 Å². The van der Waals surface area contributed by atoms with E-state index in [0.717, 1.165) is 11.1 Å². The summed E-state index contributed by atoms with van der Waals surface area (Å²) in [4.78, 5) is 23.3. The molecule has 20 heavy (non-hydrogen) atoms. The van der Waals surface area contributed by atoms with E-state index in [1.165, 1.54) is 6.92 Å². The molecule has 3 atom stereocenters. The fourth-order valence-electron chi connectivity index (χ4n) is 2.37. The van der Waals surface area contributed by atoms with Crippen LogP contribution in [0.3, 0.4) is 0 Å². The average Bonchev–Trinajstić information content (AvgIpc) is 2.43. The molecule has 4 N–H and O–H groups in total. The molecule has 0 bridgehead atoms. The molecular weight excluding hydrogens is 260 g/mol. The highest BCUT2D eigenvalue weighted by Crippen LogP contribution is 2.24. The van der Waals surface area contributed by atoms with Gasteiger partial charge in [-0.15, -0.1) is 0 Å². The number of fused-ring (bicyclic) bond motifs is 1. The van der Waals surface area contributed by atoms with Gasteiger partial charge in [-0.1, -0.05) is 24.3 Å². The van der Waals surface area contributed by atoms with E-state index in [1.54, 1.807) is 0 Å². The zero-order valence-corrected chi connectivity index (χ0v) is 11.2. The van der Waals surface area contributed by atoms with Crippen molar-refractivity contribution in [3.8, 4) is 0 Å². The number of carboxylic acid groups (broad SMARTS) is 1. The Morgan fingerprint density at radius 3 is 2.75 bits per heavy atom. The fourth-order valence-corrected chi connectivity index (χ4v) is 2.37. The number of carbonyl (C=O) groups excluding carboxylic acids is 1. The van der Waals surface area contributed by atoms with Crippen molar-refractivity contribution in [2.24, 2.45) is 0 Å². The predicted molar refractivity (Wildman–Crippen MR) is 72.1 cm³/mol. The molecule has 0 fully saturated rings. The van der Waals surface area contributed by atoms with Crippen LogP contribution in [-0.4, -0.2) is 40.8 Å². The molecule has 1 heterocycles. The van der Waals surface area contributed by atoms with E-state index in [2.05, 4.69) is 10.6 Å². The molecule has 1 unspecified atom stereocenters. The SMILES string of the molecule is C[C@@H](O)[C@H](NC(=O)C1CNCc2ccccc21)C(=O)O. The number of aliphatic hydroxyl groups excluding tert-OH is 1. The van der Waals surface area contributed by atoms with E-state index in [-0.39, 0.29) is 0 Å². The molecule has 0 aromatic heterocycles. The molecule has 1 aromatic carbocycles. The smallest absolute Gasteiger partial charge is 0.328 e. The first-order chi connectivity index (χ1) is 9.50. The largest absolute Gasteiger partial charge is 0.480 e. The molecule has 2 rings (SSSR count). The van der Waals surface area contributed by atoms with Crippen LogP contribution in [0.1, 0.15) is 24.0 Å². The van der Waals surface area contributed by atoms with Crippen molar-refractivity contribution in [1.29, 1.82) is 0 Å². The summed E-state index contributed by atoms with van der Waals surface area (Å²) in [6, 6.07) is 6.27. The van der Waals surface area contributed by atoms with E-state index >= 15 is 0 Å². The Bertz CT molecular complexity index is 516. The third-order valence-corrected chi connectivity index (χ3v) is 3.46. The topological polar surface area (TPSA) is 98.7 Å². The molecule has 0 spiro atoms. The number of carbonyl (C=O) groups is 2. The van der Waals surface area contributed by atoms with Crippen LogP contribution in [0.2, 0.25) is 0 Å². The number of benzene rings is 1. The number of rotatable bonds is 4. The van der Waals surface area contributed by atoms with Crippen LogP contribution in [0.5, 0.6) is 0 Å². The van der Waals surface area contributed by atoms with E-state index < -0.39 is 29.9 Å². The van der Waals surface area contributed by atoms with Gasteiger partial charge in [0.25, 0.3) is 0 Å². The van der Waals surface area contributed by atoms with Gasteiger partial charge in [0.2, 0.25) is 5.91 Å². The number of aliphatic carboxylic acids is 1. The molecule has 0 saturated heterocycles. The van der Waals surface area contributed by atoms with Crippen molar-refractivity contribution in [2.45, 2.75) is 31.5 Å². The van der Waals surface area contributed by atoms with Crippen LogP contribution in [0.15, 0.2) is 24.3 Å². The molecule has 6 heteroatoms. The summed E-state index contributed by atoms with van der Waals surface area (Å²) in [7, 11) is 0. The molecule has 6 nitrogen and oxygen atoms in total. The summed E-state index contributed by atoms with van der Waals surface area (Å²) >= 11 is 0. The third-order valence-electron chi connectivity index (χ3n) is 3.46. The minimum absolute atomic E-state index is 0.391. The van der Waals surface area contributed by atoms with Crippen LogP contribution >= 0.6 is 0 Å². The van der Waals surface area contributed by atoms with Gasteiger partial charge in [-0.25, -0.2) is 4.79 Å². The molecule has 1 aliphatic rings.